The van der Waals surface area contributed by atoms with Crippen LogP contribution in [0.15, 0.2) is 42.5 Å². The number of carbonyl (C=O) groups is 3. The Hall–Kier alpha value is -3.35. The molecule has 148 valence electrons. The van der Waals surface area contributed by atoms with E-state index in [1.165, 1.54) is 7.11 Å². The zero-order valence-electron chi connectivity index (χ0n) is 16.4. The molecule has 7 heteroatoms. The molecule has 2 aromatic rings. The molecule has 0 saturated heterocycles. The standard InChI is InChI=1S/C21H23NO6/c1-5-27-18(23)13-22(21(25)26-4)17-12-14(2)11-15(3)19(17)28-20(24)16-9-7-6-8-10-16/h6-12H,5,13H2,1-4H3. The fourth-order valence-corrected chi connectivity index (χ4v) is 2.69. The topological polar surface area (TPSA) is 82.1 Å². The Labute approximate surface area is 163 Å². The van der Waals surface area contributed by atoms with Crippen molar-refractivity contribution in [3.63, 3.8) is 0 Å². The summed E-state index contributed by atoms with van der Waals surface area (Å²) in [6.07, 6.45) is -0.768. The number of rotatable bonds is 6. The minimum Gasteiger partial charge on any atom is -0.465 e. The highest BCUT2D eigenvalue weighted by molar-refractivity contribution is 5.97. The van der Waals surface area contributed by atoms with Gasteiger partial charge in [-0.3, -0.25) is 9.69 Å². The minimum absolute atomic E-state index is 0.175. The summed E-state index contributed by atoms with van der Waals surface area (Å²) in [7, 11) is 1.21. The summed E-state index contributed by atoms with van der Waals surface area (Å²) in [4.78, 5) is 38.0. The summed E-state index contributed by atoms with van der Waals surface area (Å²) in [5, 5.41) is 0. The van der Waals surface area contributed by atoms with Gasteiger partial charge in [-0.15, -0.1) is 0 Å². The number of hydrogen-bond donors (Lipinski definition) is 0. The number of nitrogens with zero attached hydrogens (tertiary/aromatic N) is 1. The molecule has 2 aromatic carbocycles. The molecular formula is C21H23NO6. The highest BCUT2D eigenvalue weighted by Crippen LogP contribution is 2.34. The lowest BCUT2D eigenvalue weighted by molar-refractivity contribution is -0.141. The number of aryl methyl sites for hydroxylation is 2. The van der Waals surface area contributed by atoms with Gasteiger partial charge in [-0.2, -0.15) is 0 Å². The minimum atomic E-state index is -0.768. The van der Waals surface area contributed by atoms with E-state index in [0.717, 1.165) is 10.5 Å². The first-order chi connectivity index (χ1) is 13.4. The molecule has 0 aromatic heterocycles. The van der Waals surface area contributed by atoms with Crippen LogP contribution in [-0.2, 0) is 14.3 Å². The van der Waals surface area contributed by atoms with Crippen LogP contribution in [0.5, 0.6) is 5.75 Å². The monoisotopic (exact) mass is 385 g/mol. The Morgan fingerprint density at radius 2 is 1.71 bits per heavy atom. The van der Waals surface area contributed by atoms with Gasteiger partial charge in [0.1, 0.15) is 6.54 Å². The van der Waals surface area contributed by atoms with Crippen LogP contribution in [0.25, 0.3) is 0 Å². The summed E-state index contributed by atoms with van der Waals surface area (Å²) in [6.45, 7) is 5.06. The lowest BCUT2D eigenvalue weighted by Gasteiger charge is -2.24. The maximum Gasteiger partial charge on any atom is 0.414 e. The molecule has 1 amide bonds. The predicted molar refractivity (Wildman–Crippen MR) is 104 cm³/mol. The molecule has 0 fully saturated rings. The second-order valence-corrected chi connectivity index (χ2v) is 6.05. The lowest BCUT2D eigenvalue weighted by atomic mass is 10.1. The normalized spacial score (nSPS) is 10.1. The van der Waals surface area contributed by atoms with Gasteiger partial charge in [0.15, 0.2) is 5.75 Å². The van der Waals surface area contributed by atoms with Crippen LogP contribution < -0.4 is 9.64 Å². The predicted octanol–water partition coefficient (Wildman–Crippen LogP) is 3.66. The molecule has 0 N–H and O–H groups in total. The van der Waals surface area contributed by atoms with E-state index >= 15 is 0 Å². The third-order valence-electron chi connectivity index (χ3n) is 3.88. The fraction of sp³-hybridized carbons (Fsp3) is 0.286. The van der Waals surface area contributed by atoms with Crippen molar-refractivity contribution in [2.75, 3.05) is 25.2 Å². The quantitative estimate of drug-likeness (QED) is 0.558. The largest absolute Gasteiger partial charge is 0.465 e. The van der Waals surface area contributed by atoms with Crippen LogP contribution in [-0.4, -0.2) is 38.3 Å². The van der Waals surface area contributed by atoms with E-state index in [4.69, 9.17) is 14.2 Å². The van der Waals surface area contributed by atoms with Gasteiger partial charge >= 0.3 is 18.0 Å². The zero-order chi connectivity index (χ0) is 20.7. The number of anilines is 1. The van der Waals surface area contributed by atoms with Gasteiger partial charge in [0.05, 0.1) is 25.0 Å². The van der Waals surface area contributed by atoms with E-state index in [-0.39, 0.29) is 24.6 Å². The van der Waals surface area contributed by atoms with Gasteiger partial charge in [0.2, 0.25) is 0 Å². The van der Waals surface area contributed by atoms with Crippen molar-refractivity contribution in [3.8, 4) is 5.75 Å². The van der Waals surface area contributed by atoms with E-state index in [2.05, 4.69) is 0 Å². The average Bonchev–Trinajstić information content (AvgIpc) is 2.68. The molecule has 0 heterocycles. The first kappa shape index (κ1) is 21.0. The number of esters is 2. The van der Waals surface area contributed by atoms with E-state index < -0.39 is 18.0 Å². The van der Waals surface area contributed by atoms with E-state index in [0.29, 0.717) is 11.1 Å². The summed E-state index contributed by atoms with van der Waals surface area (Å²) in [6, 6.07) is 12.0. The summed E-state index contributed by atoms with van der Waals surface area (Å²) < 4.78 is 15.3. The van der Waals surface area contributed by atoms with Gasteiger partial charge in [-0.1, -0.05) is 24.3 Å². The molecule has 0 bridgehead atoms. The van der Waals surface area contributed by atoms with Crippen LogP contribution in [0.4, 0.5) is 10.5 Å². The van der Waals surface area contributed by atoms with Gasteiger partial charge in [-0.05, 0) is 50.1 Å². The van der Waals surface area contributed by atoms with Gasteiger partial charge in [-0.25, -0.2) is 9.59 Å². The summed E-state index contributed by atoms with van der Waals surface area (Å²) in [5.41, 5.74) is 2.08. The highest BCUT2D eigenvalue weighted by atomic mass is 16.6. The maximum absolute atomic E-state index is 12.5. The molecule has 0 spiro atoms. The number of hydrogen-bond acceptors (Lipinski definition) is 6. The van der Waals surface area contributed by atoms with Gasteiger partial charge in [0.25, 0.3) is 0 Å². The summed E-state index contributed by atoms with van der Waals surface area (Å²) >= 11 is 0. The zero-order valence-corrected chi connectivity index (χ0v) is 16.4. The highest BCUT2D eigenvalue weighted by Gasteiger charge is 2.26. The van der Waals surface area contributed by atoms with Crippen LogP contribution in [0.3, 0.4) is 0 Å². The molecule has 0 unspecified atom stereocenters. The Bertz CT molecular complexity index is 863. The van der Waals surface area contributed by atoms with Gasteiger partial charge < -0.3 is 14.2 Å². The second-order valence-electron chi connectivity index (χ2n) is 6.05. The number of amides is 1. The van der Waals surface area contributed by atoms with Crippen molar-refractivity contribution in [1.29, 1.82) is 0 Å². The maximum atomic E-state index is 12.5. The van der Waals surface area contributed by atoms with Crippen molar-refractivity contribution in [1.82, 2.24) is 0 Å². The van der Waals surface area contributed by atoms with Crippen LogP contribution >= 0.6 is 0 Å². The molecule has 0 aliphatic rings. The molecule has 0 atom stereocenters. The molecule has 0 saturated carbocycles. The Kier molecular flexibility index (Phi) is 7.14. The van der Waals surface area contributed by atoms with Crippen LogP contribution in [0.2, 0.25) is 0 Å². The number of carbonyl (C=O) groups excluding carboxylic acids is 3. The molecule has 0 aliphatic carbocycles. The third kappa shape index (κ3) is 5.09. The molecule has 0 aliphatic heterocycles. The Morgan fingerprint density at radius 1 is 1.04 bits per heavy atom. The molecule has 7 nitrogen and oxygen atoms in total. The van der Waals surface area contributed by atoms with Crippen LogP contribution in [0.1, 0.15) is 28.4 Å². The first-order valence-electron chi connectivity index (χ1n) is 8.77. The van der Waals surface area contributed by atoms with Crippen LogP contribution in [0, 0.1) is 13.8 Å². The Morgan fingerprint density at radius 3 is 2.32 bits per heavy atom. The fourth-order valence-electron chi connectivity index (χ4n) is 2.69. The van der Waals surface area contributed by atoms with Gasteiger partial charge in [0, 0.05) is 0 Å². The number of ether oxygens (including phenoxy) is 3. The van der Waals surface area contributed by atoms with Crippen molar-refractivity contribution in [2.45, 2.75) is 20.8 Å². The van der Waals surface area contributed by atoms with Crippen molar-refractivity contribution in [2.24, 2.45) is 0 Å². The number of benzene rings is 2. The number of methoxy groups -OCH3 is 1. The average molecular weight is 385 g/mol. The van der Waals surface area contributed by atoms with E-state index in [1.807, 2.05) is 13.0 Å². The third-order valence-corrected chi connectivity index (χ3v) is 3.88. The Balaban J connectivity index is 2.47. The molecule has 0 radical (unpaired) electrons. The molecule has 2 rings (SSSR count). The first-order valence-corrected chi connectivity index (χ1v) is 8.77. The van der Waals surface area contributed by atoms with Crippen molar-refractivity contribution in [3.05, 3.63) is 59.2 Å². The lowest BCUT2D eigenvalue weighted by Crippen LogP contribution is -2.37. The summed E-state index contributed by atoms with van der Waals surface area (Å²) in [5.74, 6) is -1.00. The SMILES string of the molecule is CCOC(=O)CN(C(=O)OC)c1cc(C)cc(C)c1OC(=O)c1ccccc1. The second kappa shape index (κ2) is 9.55. The van der Waals surface area contributed by atoms with E-state index in [9.17, 15) is 14.4 Å². The molecule has 28 heavy (non-hydrogen) atoms. The van der Waals surface area contributed by atoms with Crippen molar-refractivity contribution >= 4 is 23.7 Å². The van der Waals surface area contributed by atoms with E-state index in [1.54, 1.807) is 50.2 Å². The van der Waals surface area contributed by atoms with Crippen molar-refractivity contribution < 1.29 is 28.6 Å². The smallest absolute Gasteiger partial charge is 0.414 e. The molecular weight excluding hydrogens is 362 g/mol.